The number of nitrogens with zero attached hydrogens (tertiary/aromatic N) is 1. The summed E-state index contributed by atoms with van der Waals surface area (Å²) in [5, 5.41) is 0. The highest BCUT2D eigenvalue weighted by Gasteiger charge is 2.46. The van der Waals surface area contributed by atoms with Crippen LogP contribution < -0.4 is 5.73 Å². The van der Waals surface area contributed by atoms with Gasteiger partial charge in [0.05, 0.1) is 0 Å². The molecule has 3 atom stereocenters. The summed E-state index contributed by atoms with van der Waals surface area (Å²) < 4.78 is 0. The SMILES string of the molecule is CC(C)C(C)N(C)C1(CN)CCC(C)(C)CC1C. The Balaban J connectivity index is 2.93. The van der Waals surface area contributed by atoms with Gasteiger partial charge in [0.15, 0.2) is 0 Å². The van der Waals surface area contributed by atoms with E-state index < -0.39 is 0 Å². The fourth-order valence-corrected chi connectivity index (χ4v) is 3.75. The summed E-state index contributed by atoms with van der Waals surface area (Å²) in [6.07, 6.45) is 3.83. The van der Waals surface area contributed by atoms with Gasteiger partial charge in [0, 0.05) is 18.1 Å². The summed E-state index contributed by atoms with van der Waals surface area (Å²) in [5.74, 6) is 1.36. The maximum absolute atomic E-state index is 6.21. The summed E-state index contributed by atoms with van der Waals surface area (Å²) >= 11 is 0. The third kappa shape index (κ3) is 2.91. The molecule has 0 saturated heterocycles. The lowest BCUT2D eigenvalue weighted by atomic mass is 9.63. The molecule has 0 aromatic carbocycles. The van der Waals surface area contributed by atoms with Crippen molar-refractivity contribution in [2.45, 2.75) is 72.4 Å². The van der Waals surface area contributed by atoms with Crippen LogP contribution in [0.2, 0.25) is 0 Å². The van der Waals surface area contributed by atoms with E-state index in [1.165, 1.54) is 19.3 Å². The van der Waals surface area contributed by atoms with Gasteiger partial charge in [-0.2, -0.15) is 0 Å². The van der Waals surface area contributed by atoms with Crippen LogP contribution in [0.3, 0.4) is 0 Å². The zero-order valence-electron chi connectivity index (χ0n) is 13.6. The van der Waals surface area contributed by atoms with E-state index in [0.29, 0.717) is 23.3 Å². The Morgan fingerprint density at radius 2 is 1.78 bits per heavy atom. The number of likely N-dealkylation sites (N-methyl/N-ethyl adjacent to an activating group) is 1. The molecule has 1 aliphatic carbocycles. The smallest absolute Gasteiger partial charge is 0.0357 e. The number of hydrogen-bond acceptors (Lipinski definition) is 2. The molecule has 0 radical (unpaired) electrons. The van der Waals surface area contributed by atoms with Crippen LogP contribution >= 0.6 is 0 Å². The molecule has 0 aliphatic heterocycles. The lowest BCUT2D eigenvalue weighted by molar-refractivity contribution is -0.0359. The van der Waals surface area contributed by atoms with Gasteiger partial charge in [0.2, 0.25) is 0 Å². The molecule has 1 rings (SSSR count). The highest BCUT2D eigenvalue weighted by molar-refractivity contribution is 5.02. The zero-order valence-corrected chi connectivity index (χ0v) is 13.6. The number of hydrogen-bond donors (Lipinski definition) is 1. The van der Waals surface area contributed by atoms with Crippen molar-refractivity contribution in [3.8, 4) is 0 Å². The van der Waals surface area contributed by atoms with Gasteiger partial charge in [-0.05, 0) is 50.5 Å². The monoisotopic (exact) mass is 254 g/mol. The minimum Gasteiger partial charge on any atom is -0.329 e. The molecule has 18 heavy (non-hydrogen) atoms. The normalized spacial score (nSPS) is 34.0. The predicted molar refractivity (Wildman–Crippen MR) is 80.6 cm³/mol. The lowest BCUT2D eigenvalue weighted by Crippen LogP contribution is -2.62. The van der Waals surface area contributed by atoms with Crippen molar-refractivity contribution < 1.29 is 0 Å². The molecule has 2 nitrogen and oxygen atoms in total. The maximum Gasteiger partial charge on any atom is 0.0357 e. The quantitative estimate of drug-likeness (QED) is 0.832. The van der Waals surface area contributed by atoms with Crippen molar-refractivity contribution in [2.75, 3.05) is 13.6 Å². The summed E-state index contributed by atoms with van der Waals surface area (Å²) in [7, 11) is 2.28. The largest absolute Gasteiger partial charge is 0.329 e. The molecule has 0 spiro atoms. The van der Waals surface area contributed by atoms with E-state index in [1.54, 1.807) is 0 Å². The second-order valence-corrected chi connectivity index (χ2v) is 7.67. The van der Waals surface area contributed by atoms with Crippen LogP contribution in [0.1, 0.15) is 60.8 Å². The highest BCUT2D eigenvalue weighted by Crippen LogP contribution is 2.46. The number of rotatable bonds is 4. The molecular weight excluding hydrogens is 220 g/mol. The average molecular weight is 254 g/mol. The molecule has 3 unspecified atom stereocenters. The molecule has 0 aromatic rings. The van der Waals surface area contributed by atoms with E-state index >= 15 is 0 Å². The minimum absolute atomic E-state index is 0.208. The molecule has 1 aliphatic rings. The molecule has 0 aromatic heterocycles. The molecule has 108 valence electrons. The summed E-state index contributed by atoms with van der Waals surface area (Å²) in [6.45, 7) is 14.9. The van der Waals surface area contributed by atoms with Gasteiger partial charge < -0.3 is 5.73 Å². The molecule has 0 bridgehead atoms. The van der Waals surface area contributed by atoms with E-state index in [0.717, 1.165) is 6.54 Å². The average Bonchev–Trinajstić information content (AvgIpc) is 2.27. The van der Waals surface area contributed by atoms with Crippen LogP contribution in [0, 0.1) is 17.3 Å². The van der Waals surface area contributed by atoms with Gasteiger partial charge in [-0.15, -0.1) is 0 Å². The number of nitrogens with two attached hydrogens (primary N) is 1. The first-order valence-electron chi connectivity index (χ1n) is 7.59. The van der Waals surface area contributed by atoms with Crippen LogP contribution in [0.15, 0.2) is 0 Å². The Morgan fingerprint density at radius 1 is 1.22 bits per heavy atom. The first kappa shape index (κ1) is 16.0. The van der Waals surface area contributed by atoms with Crippen LogP contribution in [0.4, 0.5) is 0 Å². The molecule has 1 saturated carbocycles. The topological polar surface area (TPSA) is 29.3 Å². The van der Waals surface area contributed by atoms with Gasteiger partial charge in [-0.3, -0.25) is 4.90 Å². The van der Waals surface area contributed by atoms with E-state index in [1.807, 2.05) is 0 Å². The van der Waals surface area contributed by atoms with Gasteiger partial charge >= 0.3 is 0 Å². The Hall–Kier alpha value is -0.0800. The van der Waals surface area contributed by atoms with Crippen LogP contribution in [-0.4, -0.2) is 30.1 Å². The Morgan fingerprint density at radius 3 is 2.17 bits per heavy atom. The Kier molecular flexibility index (Phi) is 4.88. The first-order chi connectivity index (χ1) is 8.16. The summed E-state index contributed by atoms with van der Waals surface area (Å²) in [6, 6.07) is 0.595. The van der Waals surface area contributed by atoms with E-state index in [4.69, 9.17) is 5.73 Å². The van der Waals surface area contributed by atoms with Crippen LogP contribution in [0.5, 0.6) is 0 Å². The van der Waals surface area contributed by atoms with Gasteiger partial charge in [0.25, 0.3) is 0 Å². The van der Waals surface area contributed by atoms with Gasteiger partial charge in [-0.1, -0.05) is 34.6 Å². The molecule has 0 heterocycles. The molecule has 2 heteroatoms. The minimum atomic E-state index is 0.208. The third-order valence-electron chi connectivity index (χ3n) is 5.64. The van der Waals surface area contributed by atoms with Crippen molar-refractivity contribution in [2.24, 2.45) is 23.0 Å². The second-order valence-electron chi connectivity index (χ2n) is 7.67. The highest BCUT2D eigenvalue weighted by atomic mass is 15.2. The second kappa shape index (κ2) is 5.50. The van der Waals surface area contributed by atoms with Crippen LogP contribution in [0.25, 0.3) is 0 Å². The third-order valence-corrected chi connectivity index (χ3v) is 5.64. The Bertz CT molecular complexity index is 272. The van der Waals surface area contributed by atoms with Crippen molar-refractivity contribution >= 4 is 0 Å². The Labute approximate surface area is 114 Å². The summed E-state index contributed by atoms with van der Waals surface area (Å²) in [5.41, 5.74) is 6.91. The predicted octanol–water partition coefficient (Wildman–Crippen LogP) is 3.51. The molecule has 1 fully saturated rings. The first-order valence-corrected chi connectivity index (χ1v) is 7.59. The lowest BCUT2D eigenvalue weighted by Gasteiger charge is -2.55. The van der Waals surface area contributed by atoms with Gasteiger partial charge in [0.1, 0.15) is 0 Å². The van der Waals surface area contributed by atoms with Crippen molar-refractivity contribution in [3.63, 3.8) is 0 Å². The molecule has 0 amide bonds. The summed E-state index contributed by atoms with van der Waals surface area (Å²) in [4.78, 5) is 2.58. The standard InChI is InChI=1S/C16H34N2/c1-12(2)14(4)18(7)16(11-17)9-8-15(5,6)10-13(16)3/h12-14H,8-11,17H2,1-7H3. The van der Waals surface area contributed by atoms with E-state index in [-0.39, 0.29) is 5.54 Å². The fourth-order valence-electron chi connectivity index (χ4n) is 3.75. The molecule has 2 N–H and O–H groups in total. The fraction of sp³-hybridized carbons (Fsp3) is 1.00. The maximum atomic E-state index is 6.21. The van der Waals surface area contributed by atoms with E-state index in [9.17, 15) is 0 Å². The van der Waals surface area contributed by atoms with Crippen molar-refractivity contribution in [3.05, 3.63) is 0 Å². The van der Waals surface area contributed by atoms with Gasteiger partial charge in [-0.25, -0.2) is 0 Å². The van der Waals surface area contributed by atoms with E-state index in [2.05, 4.69) is 53.5 Å². The zero-order chi connectivity index (χ0) is 14.1. The molecular formula is C16H34N2. The van der Waals surface area contributed by atoms with Crippen LogP contribution in [-0.2, 0) is 0 Å². The van der Waals surface area contributed by atoms with Crippen molar-refractivity contribution in [1.29, 1.82) is 0 Å². The van der Waals surface area contributed by atoms with Crippen molar-refractivity contribution in [1.82, 2.24) is 4.90 Å².